The number of anilines is 1. The van der Waals surface area contributed by atoms with Crippen LogP contribution in [0.15, 0.2) is 42.6 Å². The summed E-state index contributed by atoms with van der Waals surface area (Å²) in [7, 11) is 1.47. The molecule has 1 N–H and O–H groups in total. The standard InChI is InChI=1S/C13H11ClN2O2/c1-18-13-11(3-2-8-15-13)12(17)16-10-6-4-9(14)5-7-10/h2-8H,1H3,(H,16,17). The number of amides is 1. The van der Waals surface area contributed by atoms with Gasteiger partial charge in [0.25, 0.3) is 5.91 Å². The second kappa shape index (κ2) is 5.51. The van der Waals surface area contributed by atoms with E-state index < -0.39 is 0 Å². The van der Waals surface area contributed by atoms with Gasteiger partial charge in [-0.05, 0) is 36.4 Å². The summed E-state index contributed by atoms with van der Waals surface area (Å²) < 4.78 is 5.03. The monoisotopic (exact) mass is 262 g/mol. The minimum absolute atomic E-state index is 0.276. The van der Waals surface area contributed by atoms with Gasteiger partial charge in [0.2, 0.25) is 5.88 Å². The van der Waals surface area contributed by atoms with E-state index >= 15 is 0 Å². The summed E-state index contributed by atoms with van der Waals surface area (Å²) in [6.45, 7) is 0. The van der Waals surface area contributed by atoms with Crippen LogP contribution < -0.4 is 10.1 Å². The molecule has 18 heavy (non-hydrogen) atoms. The molecule has 4 nitrogen and oxygen atoms in total. The van der Waals surface area contributed by atoms with Crippen LogP contribution in [0, 0.1) is 0 Å². The van der Waals surface area contributed by atoms with Crippen molar-refractivity contribution >= 4 is 23.2 Å². The first kappa shape index (κ1) is 12.4. The molecule has 0 unspecified atom stereocenters. The molecule has 0 fully saturated rings. The Hall–Kier alpha value is -2.07. The molecule has 92 valence electrons. The summed E-state index contributed by atoms with van der Waals surface area (Å²) in [6.07, 6.45) is 1.57. The van der Waals surface area contributed by atoms with E-state index in [1.165, 1.54) is 7.11 Å². The van der Waals surface area contributed by atoms with Crippen LogP contribution >= 0.6 is 11.6 Å². The summed E-state index contributed by atoms with van der Waals surface area (Å²) >= 11 is 5.77. The summed E-state index contributed by atoms with van der Waals surface area (Å²) in [6, 6.07) is 10.2. The van der Waals surface area contributed by atoms with Gasteiger partial charge in [-0.25, -0.2) is 4.98 Å². The number of aromatic nitrogens is 1. The molecule has 2 aromatic rings. The molecule has 0 saturated carbocycles. The third kappa shape index (κ3) is 2.78. The van der Waals surface area contributed by atoms with E-state index in [1.807, 2.05) is 0 Å². The van der Waals surface area contributed by atoms with Crippen molar-refractivity contribution in [1.29, 1.82) is 0 Å². The number of ether oxygens (including phenoxy) is 1. The Morgan fingerprint density at radius 3 is 2.67 bits per heavy atom. The number of benzene rings is 1. The van der Waals surface area contributed by atoms with Gasteiger partial charge in [0.05, 0.1) is 7.11 Å². The number of hydrogen-bond acceptors (Lipinski definition) is 3. The van der Waals surface area contributed by atoms with Crippen LogP contribution in [0.1, 0.15) is 10.4 Å². The maximum absolute atomic E-state index is 12.0. The normalized spacial score (nSPS) is 9.89. The number of halogens is 1. The fourth-order valence-corrected chi connectivity index (χ4v) is 1.58. The van der Waals surface area contributed by atoms with Crippen LogP contribution in [0.25, 0.3) is 0 Å². The molecular weight excluding hydrogens is 252 g/mol. The first-order valence-electron chi connectivity index (χ1n) is 5.26. The predicted octanol–water partition coefficient (Wildman–Crippen LogP) is 3.00. The van der Waals surface area contributed by atoms with Crippen LogP contribution in [0.5, 0.6) is 5.88 Å². The van der Waals surface area contributed by atoms with E-state index in [9.17, 15) is 4.79 Å². The van der Waals surface area contributed by atoms with Crippen molar-refractivity contribution in [1.82, 2.24) is 4.98 Å². The molecule has 0 aliphatic heterocycles. The lowest BCUT2D eigenvalue weighted by Gasteiger charge is -2.08. The molecule has 0 bridgehead atoms. The summed E-state index contributed by atoms with van der Waals surface area (Å²) in [4.78, 5) is 16.0. The molecule has 0 radical (unpaired) electrons. The Bertz CT molecular complexity index is 555. The third-order valence-corrected chi connectivity index (χ3v) is 2.56. The van der Waals surface area contributed by atoms with Crippen LogP contribution in [-0.2, 0) is 0 Å². The first-order chi connectivity index (χ1) is 8.70. The highest BCUT2D eigenvalue weighted by Crippen LogP contribution is 2.17. The van der Waals surface area contributed by atoms with E-state index in [-0.39, 0.29) is 5.91 Å². The highest BCUT2D eigenvalue weighted by atomic mass is 35.5. The van der Waals surface area contributed by atoms with Gasteiger partial charge < -0.3 is 10.1 Å². The molecule has 0 atom stereocenters. The quantitative estimate of drug-likeness (QED) is 0.925. The summed E-state index contributed by atoms with van der Waals surface area (Å²) in [5, 5.41) is 3.36. The largest absolute Gasteiger partial charge is 0.480 e. The van der Waals surface area contributed by atoms with Crippen LogP contribution in [0.3, 0.4) is 0 Å². The fourth-order valence-electron chi connectivity index (χ4n) is 1.46. The second-order valence-corrected chi connectivity index (χ2v) is 3.96. The van der Waals surface area contributed by atoms with Gasteiger partial charge in [0, 0.05) is 16.9 Å². The number of pyridine rings is 1. The Morgan fingerprint density at radius 2 is 2.00 bits per heavy atom. The maximum atomic E-state index is 12.0. The van der Waals surface area contributed by atoms with Crippen molar-refractivity contribution in [3.05, 3.63) is 53.2 Å². The molecule has 1 heterocycles. The van der Waals surface area contributed by atoms with Gasteiger partial charge >= 0.3 is 0 Å². The third-order valence-electron chi connectivity index (χ3n) is 2.31. The number of carbonyl (C=O) groups excluding carboxylic acids is 1. The Labute approximate surface area is 110 Å². The Morgan fingerprint density at radius 1 is 1.28 bits per heavy atom. The topological polar surface area (TPSA) is 51.2 Å². The van der Waals surface area contributed by atoms with Crippen molar-refractivity contribution in [2.24, 2.45) is 0 Å². The van der Waals surface area contributed by atoms with Crippen molar-refractivity contribution in [3.8, 4) is 5.88 Å². The number of nitrogens with one attached hydrogen (secondary N) is 1. The summed E-state index contributed by atoms with van der Waals surface area (Å²) in [5.74, 6) is 0.0197. The zero-order valence-electron chi connectivity index (χ0n) is 9.68. The first-order valence-corrected chi connectivity index (χ1v) is 5.64. The molecule has 1 aromatic heterocycles. The average Bonchev–Trinajstić information content (AvgIpc) is 2.41. The molecular formula is C13H11ClN2O2. The van der Waals surface area contributed by atoms with E-state index in [4.69, 9.17) is 16.3 Å². The van der Waals surface area contributed by atoms with Gasteiger partial charge in [0.15, 0.2) is 0 Å². The van der Waals surface area contributed by atoms with Gasteiger partial charge in [-0.1, -0.05) is 11.6 Å². The van der Waals surface area contributed by atoms with Crippen molar-refractivity contribution < 1.29 is 9.53 Å². The van der Waals surface area contributed by atoms with E-state index in [0.29, 0.717) is 22.2 Å². The van der Waals surface area contributed by atoms with Crippen molar-refractivity contribution in [2.45, 2.75) is 0 Å². The van der Waals surface area contributed by atoms with E-state index in [0.717, 1.165) is 0 Å². The number of nitrogens with zero attached hydrogens (tertiary/aromatic N) is 1. The SMILES string of the molecule is COc1ncccc1C(=O)Nc1ccc(Cl)cc1. The molecule has 0 aliphatic rings. The zero-order valence-corrected chi connectivity index (χ0v) is 10.4. The Kier molecular flexibility index (Phi) is 3.79. The van der Waals surface area contributed by atoms with Crippen LogP contribution in [-0.4, -0.2) is 18.0 Å². The van der Waals surface area contributed by atoms with Gasteiger partial charge in [-0.2, -0.15) is 0 Å². The lowest BCUT2D eigenvalue weighted by atomic mass is 10.2. The maximum Gasteiger partial charge on any atom is 0.261 e. The van der Waals surface area contributed by atoms with Crippen molar-refractivity contribution in [3.63, 3.8) is 0 Å². The smallest absolute Gasteiger partial charge is 0.261 e. The van der Waals surface area contributed by atoms with E-state index in [1.54, 1.807) is 42.6 Å². The van der Waals surface area contributed by atoms with Crippen LogP contribution in [0.4, 0.5) is 5.69 Å². The molecule has 1 aromatic carbocycles. The average molecular weight is 263 g/mol. The number of methoxy groups -OCH3 is 1. The van der Waals surface area contributed by atoms with Crippen LogP contribution in [0.2, 0.25) is 5.02 Å². The minimum atomic E-state index is -0.276. The number of carbonyl (C=O) groups is 1. The van der Waals surface area contributed by atoms with E-state index in [2.05, 4.69) is 10.3 Å². The second-order valence-electron chi connectivity index (χ2n) is 3.52. The van der Waals surface area contributed by atoms with Gasteiger partial charge in [-0.15, -0.1) is 0 Å². The molecule has 5 heteroatoms. The highest BCUT2D eigenvalue weighted by molar-refractivity contribution is 6.30. The fraction of sp³-hybridized carbons (Fsp3) is 0.0769. The van der Waals surface area contributed by atoms with Gasteiger partial charge in [-0.3, -0.25) is 4.79 Å². The molecule has 1 amide bonds. The predicted molar refractivity (Wildman–Crippen MR) is 70.2 cm³/mol. The number of hydrogen-bond donors (Lipinski definition) is 1. The molecule has 2 rings (SSSR count). The zero-order chi connectivity index (χ0) is 13.0. The summed E-state index contributed by atoms with van der Waals surface area (Å²) in [5.41, 5.74) is 1.05. The lowest BCUT2D eigenvalue weighted by Crippen LogP contribution is -2.13. The highest BCUT2D eigenvalue weighted by Gasteiger charge is 2.12. The lowest BCUT2D eigenvalue weighted by molar-refractivity contribution is 0.102. The molecule has 0 aliphatic carbocycles. The minimum Gasteiger partial charge on any atom is -0.480 e. The van der Waals surface area contributed by atoms with Gasteiger partial charge in [0.1, 0.15) is 5.56 Å². The van der Waals surface area contributed by atoms with Crippen molar-refractivity contribution in [2.75, 3.05) is 12.4 Å². The Balaban J connectivity index is 2.19. The molecule has 0 spiro atoms. The molecule has 0 saturated heterocycles. The number of rotatable bonds is 3.